The fraction of sp³-hybridized carbons (Fsp3) is 0.0526. The van der Waals surface area contributed by atoms with Crippen molar-refractivity contribution >= 4 is 33.2 Å². The summed E-state index contributed by atoms with van der Waals surface area (Å²) in [6, 6.07) is 40.8. The molecule has 0 fully saturated rings. The van der Waals surface area contributed by atoms with Gasteiger partial charge >= 0.3 is 0 Å². The number of aromatic nitrogens is 3. The van der Waals surface area contributed by atoms with Crippen molar-refractivity contribution in [3.8, 4) is 33.5 Å². The van der Waals surface area contributed by atoms with E-state index >= 15 is 0 Å². The van der Waals surface area contributed by atoms with Gasteiger partial charge in [0.1, 0.15) is 11.2 Å². The number of rotatable bonds is 4. The van der Waals surface area contributed by atoms with Crippen molar-refractivity contribution in [1.29, 1.82) is 0 Å². The molecule has 0 radical (unpaired) electrons. The molecule has 0 N–H and O–H groups in total. The minimum atomic E-state index is 0.923. The molecule has 1 aliphatic carbocycles. The molecule has 8 rings (SSSR count). The summed E-state index contributed by atoms with van der Waals surface area (Å²) in [5.74, 6) is 0. The number of hydrogen-bond donors (Lipinski definition) is 0. The van der Waals surface area contributed by atoms with Gasteiger partial charge in [0.15, 0.2) is 0 Å². The molecule has 0 aliphatic heterocycles. The predicted octanol–water partition coefficient (Wildman–Crippen LogP) is 9.77. The molecule has 194 valence electrons. The number of nitrogens with zero attached hydrogens (tertiary/aromatic N) is 3. The van der Waals surface area contributed by atoms with E-state index in [1.165, 1.54) is 33.4 Å². The lowest BCUT2D eigenvalue weighted by atomic mass is 9.91. The highest BCUT2D eigenvalue weighted by Gasteiger charge is 2.17. The second-order valence-electron chi connectivity index (χ2n) is 10.6. The number of fused-ring (bicyclic) bond motifs is 5. The molecule has 41 heavy (non-hydrogen) atoms. The number of para-hydroxylation sites is 1. The van der Waals surface area contributed by atoms with Gasteiger partial charge < -0.3 is 0 Å². The number of allylic oxidation sites excluding steroid dienone is 4. The summed E-state index contributed by atoms with van der Waals surface area (Å²) in [6.07, 6.45) is 11.1. The SMILES string of the molecule is C1=CC(c2cc(-c3ccccc3)cc(-c3cccc(-c4nc5ccccc5c5nc6ccccn6c45)c3)c2)=CCC1. The highest BCUT2D eigenvalue weighted by molar-refractivity contribution is 6.09. The van der Waals surface area contributed by atoms with Gasteiger partial charge in [-0.2, -0.15) is 0 Å². The molecule has 0 spiro atoms. The summed E-state index contributed by atoms with van der Waals surface area (Å²) in [6.45, 7) is 0. The smallest absolute Gasteiger partial charge is 0.137 e. The third-order valence-electron chi connectivity index (χ3n) is 7.98. The molecule has 0 amide bonds. The lowest BCUT2D eigenvalue weighted by molar-refractivity contribution is 1.04. The first-order chi connectivity index (χ1) is 20.3. The van der Waals surface area contributed by atoms with Crippen LogP contribution in [0, 0.1) is 0 Å². The van der Waals surface area contributed by atoms with Crippen LogP contribution in [0.2, 0.25) is 0 Å². The van der Waals surface area contributed by atoms with Crippen LogP contribution in [0.15, 0.2) is 140 Å². The van der Waals surface area contributed by atoms with Crippen LogP contribution in [-0.4, -0.2) is 14.4 Å². The van der Waals surface area contributed by atoms with Gasteiger partial charge in [-0.1, -0.05) is 91.0 Å². The Morgan fingerprint density at radius 1 is 0.561 bits per heavy atom. The third kappa shape index (κ3) is 4.14. The Morgan fingerprint density at radius 2 is 1.29 bits per heavy atom. The van der Waals surface area contributed by atoms with E-state index in [9.17, 15) is 0 Å². The van der Waals surface area contributed by atoms with Crippen molar-refractivity contribution in [3.05, 3.63) is 145 Å². The zero-order valence-corrected chi connectivity index (χ0v) is 22.5. The molecule has 3 aromatic heterocycles. The molecule has 4 aromatic carbocycles. The molecule has 0 saturated carbocycles. The minimum Gasteiger partial charge on any atom is -0.298 e. The summed E-state index contributed by atoms with van der Waals surface area (Å²) in [5.41, 5.74) is 13.2. The van der Waals surface area contributed by atoms with Crippen LogP contribution in [0.5, 0.6) is 0 Å². The Morgan fingerprint density at radius 3 is 2.17 bits per heavy atom. The number of imidazole rings is 1. The normalized spacial score (nSPS) is 13.2. The van der Waals surface area contributed by atoms with Crippen LogP contribution in [0.3, 0.4) is 0 Å². The maximum atomic E-state index is 5.21. The largest absolute Gasteiger partial charge is 0.298 e. The van der Waals surface area contributed by atoms with Crippen LogP contribution in [0.1, 0.15) is 18.4 Å². The Bertz CT molecular complexity index is 2150. The topological polar surface area (TPSA) is 30.2 Å². The lowest BCUT2D eigenvalue weighted by Crippen LogP contribution is -1.93. The van der Waals surface area contributed by atoms with E-state index < -0.39 is 0 Å². The highest BCUT2D eigenvalue weighted by Crippen LogP contribution is 2.37. The quantitative estimate of drug-likeness (QED) is 0.229. The van der Waals surface area contributed by atoms with Gasteiger partial charge in [-0.25, -0.2) is 9.97 Å². The van der Waals surface area contributed by atoms with E-state index in [2.05, 4.69) is 132 Å². The number of hydrogen-bond acceptors (Lipinski definition) is 2. The molecule has 0 unspecified atom stereocenters. The summed E-state index contributed by atoms with van der Waals surface area (Å²) < 4.78 is 2.16. The maximum Gasteiger partial charge on any atom is 0.137 e. The monoisotopic (exact) mass is 525 g/mol. The molecular weight excluding hydrogens is 498 g/mol. The molecule has 0 bridgehead atoms. The Hall–Kier alpha value is -5.28. The van der Waals surface area contributed by atoms with Crippen molar-refractivity contribution in [3.63, 3.8) is 0 Å². The number of benzene rings is 4. The average molecular weight is 526 g/mol. The molecule has 1 aliphatic rings. The first kappa shape index (κ1) is 23.6. The van der Waals surface area contributed by atoms with Gasteiger partial charge in [-0.3, -0.25) is 4.40 Å². The molecule has 0 atom stereocenters. The van der Waals surface area contributed by atoms with Gasteiger partial charge in [-0.05, 0) is 88.7 Å². The Balaban J connectivity index is 1.35. The van der Waals surface area contributed by atoms with Crippen molar-refractivity contribution in [1.82, 2.24) is 14.4 Å². The summed E-state index contributed by atoms with van der Waals surface area (Å²) in [7, 11) is 0. The van der Waals surface area contributed by atoms with Crippen LogP contribution in [-0.2, 0) is 0 Å². The molecule has 3 nitrogen and oxygen atoms in total. The molecule has 3 heteroatoms. The second-order valence-corrected chi connectivity index (χ2v) is 10.6. The Kier molecular flexibility index (Phi) is 5.60. The van der Waals surface area contributed by atoms with Gasteiger partial charge in [0.2, 0.25) is 0 Å². The molecule has 3 heterocycles. The molecular formula is C38H27N3. The summed E-state index contributed by atoms with van der Waals surface area (Å²) in [5, 5.41) is 1.07. The first-order valence-electron chi connectivity index (χ1n) is 14.2. The van der Waals surface area contributed by atoms with Crippen molar-refractivity contribution in [2.24, 2.45) is 0 Å². The van der Waals surface area contributed by atoms with E-state index in [0.717, 1.165) is 51.7 Å². The maximum absolute atomic E-state index is 5.21. The fourth-order valence-corrected chi connectivity index (χ4v) is 5.99. The van der Waals surface area contributed by atoms with Crippen molar-refractivity contribution in [2.45, 2.75) is 12.8 Å². The van der Waals surface area contributed by atoms with E-state index in [1.54, 1.807) is 0 Å². The summed E-state index contributed by atoms with van der Waals surface area (Å²) in [4.78, 5) is 10.2. The van der Waals surface area contributed by atoms with Crippen LogP contribution < -0.4 is 0 Å². The van der Waals surface area contributed by atoms with E-state index in [-0.39, 0.29) is 0 Å². The number of pyridine rings is 2. The van der Waals surface area contributed by atoms with Crippen LogP contribution in [0.25, 0.3) is 66.7 Å². The molecule has 7 aromatic rings. The van der Waals surface area contributed by atoms with Gasteiger partial charge in [0, 0.05) is 17.1 Å². The fourth-order valence-electron chi connectivity index (χ4n) is 5.99. The zero-order valence-electron chi connectivity index (χ0n) is 22.5. The van der Waals surface area contributed by atoms with Crippen molar-refractivity contribution < 1.29 is 0 Å². The predicted molar refractivity (Wildman–Crippen MR) is 171 cm³/mol. The summed E-state index contributed by atoms with van der Waals surface area (Å²) >= 11 is 0. The standard InChI is InChI=1S/C38H27N3/c1-3-12-26(13-4-1)30-23-31(27-14-5-2-6-15-27)25-32(24-30)28-16-11-17-29(22-28)36-38-37(33-18-7-8-19-34(33)39-36)40-35-20-9-10-21-41(35)38/h1,3-5,7-25H,2,6H2. The molecule has 0 saturated heterocycles. The second kappa shape index (κ2) is 9.72. The van der Waals surface area contributed by atoms with E-state index in [4.69, 9.17) is 9.97 Å². The average Bonchev–Trinajstić information content (AvgIpc) is 3.45. The van der Waals surface area contributed by atoms with Crippen LogP contribution >= 0.6 is 0 Å². The van der Waals surface area contributed by atoms with Gasteiger partial charge in [0.05, 0.1) is 16.7 Å². The minimum absolute atomic E-state index is 0.923. The van der Waals surface area contributed by atoms with E-state index in [1.807, 2.05) is 12.1 Å². The third-order valence-corrected chi connectivity index (χ3v) is 7.98. The Labute approximate surface area is 238 Å². The van der Waals surface area contributed by atoms with Gasteiger partial charge in [0.25, 0.3) is 0 Å². The lowest BCUT2D eigenvalue weighted by Gasteiger charge is -2.14. The van der Waals surface area contributed by atoms with E-state index in [0.29, 0.717) is 0 Å². The first-order valence-corrected chi connectivity index (χ1v) is 14.2. The van der Waals surface area contributed by atoms with Crippen LogP contribution in [0.4, 0.5) is 0 Å². The highest BCUT2D eigenvalue weighted by atomic mass is 15.0. The van der Waals surface area contributed by atoms with Gasteiger partial charge in [-0.15, -0.1) is 0 Å². The van der Waals surface area contributed by atoms with Crippen molar-refractivity contribution in [2.75, 3.05) is 0 Å². The zero-order chi connectivity index (χ0) is 27.2.